The molecule has 0 aliphatic carbocycles. The molecule has 0 saturated carbocycles. The molecular weight excluding hydrogens is 238 g/mol. The Morgan fingerprint density at radius 3 is 2.68 bits per heavy atom. The summed E-state index contributed by atoms with van der Waals surface area (Å²) in [5, 5.41) is 9.45. The zero-order chi connectivity index (χ0) is 13.4. The van der Waals surface area contributed by atoms with Gasteiger partial charge >= 0.3 is 0 Å². The molecule has 0 saturated heterocycles. The van der Waals surface area contributed by atoms with E-state index in [0.717, 1.165) is 27.9 Å². The van der Waals surface area contributed by atoms with E-state index in [-0.39, 0.29) is 6.04 Å². The van der Waals surface area contributed by atoms with Crippen LogP contribution in [0, 0.1) is 6.92 Å². The minimum Gasteiger partial charge on any atom is -0.358 e. The number of aryl methyl sites for hydroxylation is 1. The van der Waals surface area contributed by atoms with Gasteiger partial charge in [-0.05, 0) is 19.9 Å². The Morgan fingerprint density at radius 1 is 1.21 bits per heavy atom. The third kappa shape index (κ3) is 1.98. The Morgan fingerprint density at radius 2 is 2.00 bits per heavy atom. The first-order valence-electron chi connectivity index (χ1n) is 6.19. The number of aromatic nitrogens is 4. The average Bonchev–Trinajstić information content (AvgIpc) is 2.74. The van der Waals surface area contributed by atoms with Crippen molar-refractivity contribution >= 4 is 10.9 Å². The standard InChI is InChI=1S/C14H15N5/c1-8(15)14-16-7-12(18-19-14)13-9(2)17-11-6-4-3-5-10(11)13/h3-8,17H,15H2,1-2H3. The highest BCUT2D eigenvalue weighted by molar-refractivity contribution is 5.96. The van der Waals surface area contributed by atoms with Crippen LogP contribution >= 0.6 is 0 Å². The van der Waals surface area contributed by atoms with Crippen LogP contribution < -0.4 is 5.73 Å². The van der Waals surface area contributed by atoms with Crippen LogP contribution in [-0.4, -0.2) is 20.2 Å². The van der Waals surface area contributed by atoms with Crippen LogP contribution in [0.15, 0.2) is 30.5 Å². The summed E-state index contributed by atoms with van der Waals surface area (Å²) in [5.74, 6) is 0.557. The number of hydrogen-bond donors (Lipinski definition) is 2. The van der Waals surface area contributed by atoms with Gasteiger partial charge in [0.2, 0.25) is 0 Å². The Labute approximate surface area is 110 Å². The number of nitrogens with zero attached hydrogens (tertiary/aromatic N) is 3. The third-order valence-electron chi connectivity index (χ3n) is 3.14. The second kappa shape index (κ2) is 4.44. The molecule has 96 valence electrons. The van der Waals surface area contributed by atoms with E-state index < -0.39 is 0 Å². The highest BCUT2D eigenvalue weighted by atomic mass is 15.2. The SMILES string of the molecule is Cc1[nH]c2ccccc2c1-c1cnc(C(C)N)nn1. The third-order valence-corrected chi connectivity index (χ3v) is 3.14. The van der Waals surface area contributed by atoms with E-state index in [1.807, 2.05) is 32.0 Å². The van der Waals surface area contributed by atoms with Gasteiger partial charge in [-0.1, -0.05) is 18.2 Å². The molecule has 0 aliphatic heterocycles. The van der Waals surface area contributed by atoms with Crippen molar-refractivity contribution in [2.75, 3.05) is 0 Å². The Bertz CT molecular complexity index is 712. The van der Waals surface area contributed by atoms with E-state index in [4.69, 9.17) is 5.73 Å². The number of aromatic amines is 1. The summed E-state index contributed by atoms with van der Waals surface area (Å²) in [6.07, 6.45) is 1.73. The quantitative estimate of drug-likeness (QED) is 0.734. The Kier molecular flexibility index (Phi) is 2.76. The topological polar surface area (TPSA) is 80.5 Å². The van der Waals surface area contributed by atoms with Crippen molar-refractivity contribution in [2.45, 2.75) is 19.9 Å². The average molecular weight is 253 g/mol. The molecule has 2 aromatic heterocycles. The molecule has 0 amide bonds. The minimum atomic E-state index is -0.203. The van der Waals surface area contributed by atoms with Crippen LogP contribution in [0.25, 0.3) is 22.2 Å². The van der Waals surface area contributed by atoms with Crippen LogP contribution in [0.2, 0.25) is 0 Å². The van der Waals surface area contributed by atoms with Gasteiger partial charge in [0, 0.05) is 22.2 Å². The summed E-state index contributed by atoms with van der Waals surface area (Å²) in [6, 6.07) is 7.92. The highest BCUT2D eigenvalue weighted by Gasteiger charge is 2.13. The molecule has 5 heteroatoms. The fourth-order valence-electron chi connectivity index (χ4n) is 2.21. The molecule has 0 bridgehead atoms. The second-order valence-electron chi connectivity index (χ2n) is 4.66. The predicted octanol–water partition coefficient (Wildman–Crippen LogP) is 2.35. The molecular formula is C14H15N5. The molecule has 3 N–H and O–H groups in total. The molecule has 1 unspecified atom stereocenters. The number of benzene rings is 1. The minimum absolute atomic E-state index is 0.203. The van der Waals surface area contributed by atoms with Crippen molar-refractivity contribution in [3.63, 3.8) is 0 Å². The van der Waals surface area contributed by atoms with Crippen LogP contribution in [-0.2, 0) is 0 Å². The van der Waals surface area contributed by atoms with Gasteiger partial charge in [-0.25, -0.2) is 4.98 Å². The van der Waals surface area contributed by atoms with Crippen molar-refractivity contribution in [1.82, 2.24) is 20.2 Å². The van der Waals surface area contributed by atoms with Gasteiger partial charge in [0.15, 0.2) is 5.82 Å². The van der Waals surface area contributed by atoms with Gasteiger partial charge < -0.3 is 10.7 Å². The van der Waals surface area contributed by atoms with E-state index in [1.54, 1.807) is 6.20 Å². The van der Waals surface area contributed by atoms with Gasteiger partial charge in [-0.3, -0.25) is 0 Å². The first-order chi connectivity index (χ1) is 9.16. The molecule has 0 radical (unpaired) electrons. The fraction of sp³-hybridized carbons (Fsp3) is 0.214. The summed E-state index contributed by atoms with van der Waals surface area (Å²) in [6.45, 7) is 3.87. The molecule has 0 fully saturated rings. The monoisotopic (exact) mass is 253 g/mol. The number of hydrogen-bond acceptors (Lipinski definition) is 4. The molecule has 5 nitrogen and oxygen atoms in total. The lowest BCUT2D eigenvalue weighted by atomic mass is 10.1. The van der Waals surface area contributed by atoms with Crippen LogP contribution in [0.4, 0.5) is 0 Å². The number of para-hydroxylation sites is 1. The molecule has 1 atom stereocenters. The lowest BCUT2D eigenvalue weighted by Gasteiger charge is -2.04. The predicted molar refractivity (Wildman–Crippen MR) is 74.5 cm³/mol. The van der Waals surface area contributed by atoms with Gasteiger partial charge in [-0.2, -0.15) is 0 Å². The van der Waals surface area contributed by atoms with Crippen molar-refractivity contribution in [3.8, 4) is 11.3 Å². The lowest BCUT2D eigenvalue weighted by Crippen LogP contribution is -2.10. The zero-order valence-corrected chi connectivity index (χ0v) is 10.9. The number of nitrogens with two attached hydrogens (primary N) is 1. The maximum Gasteiger partial charge on any atom is 0.167 e. The second-order valence-corrected chi connectivity index (χ2v) is 4.66. The van der Waals surface area contributed by atoms with E-state index in [2.05, 4.69) is 26.2 Å². The molecule has 3 rings (SSSR count). The van der Waals surface area contributed by atoms with Crippen molar-refractivity contribution in [2.24, 2.45) is 5.73 Å². The molecule has 0 aliphatic rings. The maximum atomic E-state index is 5.73. The number of fused-ring (bicyclic) bond motifs is 1. The van der Waals surface area contributed by atoms with Gasteiger partial charge in [0.05, 0.1) is 12.2 Å². The molecule has 0 spiro atoms. The summed E-state index contributed by atoms with van der Waals surface area (Å²) < 4.78 is 0. The van der Waals surface area contributed by atoms with Crippen LogP contribution in [0.5, 0.6) is 0 Å². The molecule has 19 heavy (non-hydrogen) atoms. The summed E-state index contributed by atoms with van der Waals surface area (Å²) >= 11 is 0. The first kappa shape index (κ1) is 11.8. The van der Waals surface area contributed by atoms with Crippen molar-refractivity contribution in [3.05, 3.63) is 42.0 Å². The van der Waals surface area contributed by atoms with Gasteiger partial charge in [-0.15, -0.1) is 10.2 Å². The Hall–Kier alpha value is -2.27. The van der Waals surface area contributed by atoms with Gasteiger partial charge in [0.1, 0.15) is 5.69 Å². The maximum absolute atomic E-state index is 5.73. The summed E-state index contributed by atoms with van der Waals surface area (Å²) in [5.41, 5.74) is 9.69. The lowest BCUT2D eigenvalue weighted by molar-refractivity contribution is 0.709. The molecule has 1 aromatic carbocycles. The first-order valence-corrected chi connectivity index (χ1v) is 6.19. The smallest absolute Gasteiger partial charge is 0.167 e. The van der Waals surface area contributed by atoms with Crippen molar-refractivity contribution < 1.29 is 0 Å². The normalized spacial score (nSPS) is 12.8. The van der Waals surface area contributed by atoms with Crippen LogP contribution in [0.3, 0.4) is 0 Å². The number of rotatable bonds is 2. The summed E-state index contributed by atoms with van der Waals surface area (Å²) in [4.78, 5) is 7.61. The van der Waals surface area contributed by atoms with Crippen LogP contribution in [0.1, 0.15) is 24.5 Å². The zero-order valence-electron chi connectivity index (χ0n) is 10.9. The van der Waals surface area contributed by atoms with E-state index in [9.17, 15) is 0 Å². The fourth-order valence-corrected chi connectivity index (χ4v) is 2.21. The number of nitrogens with one attached hydrogen (secondary N) is 1. The van der Waals surface area contributed by atoms with E-state index in [0.29, 0.717) is 5.82 Å². The Balaban J connectivity index is 2.16. The largest absolute Gasteiger partial charge is 0.358 e. The molecule has 3 aromatic rings. The van der Waals surface area contributed by atoms with Crippen molar-refractivity contribution in [1.29, 1.82) is 0 Å². The van der Waals surface area contributed by atoms with E-state index in [1.165, 1.54) is 0 Å². The number of H-pyrrole nitrogens is 1. The highest BCUT2D eigenvalue weighted by Crippen LogP contribution is 2.29. The van der Waals surface area contributed by atoms with E-state index >= 15 is 0 Å². The van der Waals surface area contributed by atoms with Gasteiger partial charge in [0.25, 0.3) is 0 Å². The summed E-state index contributed by atoms with van der Waals surface area (Å²) in [7, 11) is 0. The molecule has 2 heterocycles.